The summed E-state index contributed by atoms with van der Waals surface area (Å²) in [7, 11) is 1.89. The standard InChI is InChI=1S/C26H27FN4O2/c1-29-14-20(13-28-29)18-6-7-19(23(27)12-18)15-31-24-5-3-2-4-22(24)26(25(31)32)9-10-30(17-26)21-8-11-33-16-21/h2-7,12-14,21H,8-11,15-17H2,1H3/p+1. The van der Waals surface area contributed by atoms with Gasteiger partial charge in [0.15, 0.2) is 7.05 Å². The number of para-hydroxylation sites is 1. The van der Waals surface area contributed by atoms with Crippen molar-refractivity contribution in [2.75, 3.05) is 31.2 Å². The molecule has 3 aromatic rings. The molecule has 0 saturated carbocycles. The van der Waals surface area contributed by atoms with E-state index in [-0.39, 0.29) is 18.3 Å². The molecule has 7 heteroatoms. The number of aromatic amines is 1. The highest BCUT2D eigenvalue weighted by atomic mass is 19.1. The van der Waals surface area contributed by atoms with Crippen LogP contribution < -0.4 is 9.58 Å². The van der Waals surface area contributed by atoms with E-state index in [0.29, 0.717) is 18.2 Å². The first-order valence-electron chi connectivity index (χ1n) is 11.6. The Hall–Kier alpha value is -3.03. The van der Waals surface area contributed by atoms with Crippen LogP contribution in [-0.4, -0.2) is 48.3 Å². The number of aryl methyl sites for hydroxylation is 1. The first kappa shape index (κ1) is 20.6. The molecule has 1 spiro atoms. The second kappa shape index (κ2) is 7.78. The Bertz CT molecular complexity index is 1220. The fourth-order valence-electron chi connectivity index (χ4n) is 5.75. The maximum Gasteiger partial charge on any atom is 0.239 e. The molecule has 2 atom stereocenters. The number of amides is 1. The number of hydrogen-bond donors (Lipinski definition) is 1. The van der Waals surface area contributed by atoms with Crippen LogP contribution in [0.3, 0.4) is 0 Å². The van der Waals surface area contributed by atoms with Crippen molar-refractivity contribution in [3.8, 4) is 11.1 Å². The number of fused-ring (bicyclic) bond motifs is 2. The van der Waals surface area contributed by atoms with Gasteiger partial charge < -0.3 is 9.64 Å². The van der Waals surface area contributed by atoms with Gasteiger partial charge in [-0.1, -0.05) is 30.3 Å². The molecule has 4 heterocycles. The number of carbonyl (C=O) groups excluding carboxylic acids is 1. The van der Waals surface area contributed by atoms with Gasteiger partial charge in [-0.25, -0.2) is 4.39 Å². The van der Waals surface area contributed by atoms with Crippen LogP contribution >= 0.6 is 0 Å². The number of carbonyl (C=O) groups is 1. The minimum absolute atomic E-state index is 0.0891. The van der Waals surface area contributed by atoms with Gasteiger partial charge in [0.05, 0.1) is 30.3 Å². The number of likely N-dealkylation sites (tertiary alicyclic amines) is 1. The fourth-order valence-corrected chi connectivity index (χ4v) is 5.75. The van der Waals surface area contributed by atoms with E-state index in [9.17, 15) is 4.79 Å². The summed E-state index contributed by atoms with van der Waals surface area (Å²) < 4.78 is 22.6. The van der Waals surface area contributed by atoms with Crippen molar-refractivity contribution >= 4 is 11.6 Å². The average molecular weight is 448 g/mol. The van der Waals surface area contributed by atoms with Crippen molar-refractivity contribution in [2.45, 2.75) is 30.8 Å². The summed E-state index contributed by atoms with van der Waals surface area (Å²) in [5.74, 6) is -0.204. The molecule has 6 rings (SSSR count). The van der Waals surface area contributed by atoms with Gasteiger partial charge in [0.1, 0.15) is 5.82 Å². The van der Waals surface area contributed by atoms with E-state index in [1.165, 1.54) is 0 Å². The Morgan fingerprint density at radius 1 is 1.24 bits per heavy atom. The highest BCUT2D eigenvalue weighted by Gasteiger charge is 2.55. The summed E-state index contributed by atoms with van der Waals surface area (Å²) in [5.41, 5.74) is 3.70. The van der Waals surface area contributed by atoms with Gasteiger partial charge in [-0.15, -0.1) is 4.68 Å². The fraction of sp³-hybridized carbons (Fsp3) is 0.385. The van der Waals surface area contributed by atoms with Crippen LogP contribution in [0.25, 0.3) is 11.1 Å². The maximum atomic E-state index is 15.2. The molecule has 0 aliphatic carbocycles. The van der Waals surface area contributed by atoms with Crippen LogP contribution in [0, 0.1) is 5.82 Å². The summed E-state index contributed by atoms with van der Waals surface area (Å²) >= 11 is 0. The molecule has 2 fully saturated rings. The molecule has 1 N–H and O–H groups in total. The van der Waals surface area contributed by atoms with Crippen LogP contribution in [0.5, 0.6) is 0 Å². The zero-order valence-electron chi connectivity index (χ0n) is 18.8. The summed E-state index contributed by atoms with van der Waals surface area (Å²) in [5, 5.41) is 3.06. The van der Waals surface area contributed by atoms with E-state index >= 15 is 4.39 Å². The number of aromatic nitrogens is 2. The SMILES string of the molecule is C[n+]1cc(-c2ccc(CN3C(=O)C4(CCN(C5CCOC5)C4)c4ccccc43)c(F)c2)c[nH]1. The smallest absolute Gasteiger partial charge is 0.239 e. The van der Waals surface area contributed by atoms with Crippen molar-refractivity contribution in [1.82, 2.24) is 10.00 Å². The van der Waals surface area contributed by atoms with Gasteiger partial charge in [-0.3, -0.25) is 9.69 Å². The molecule has 1 aromatic heterocycles. The summed E-state index contributed by atoms with van der Waals surface area (Å²) in [6.45, 7) is 3.36. The maximum absolute atomic E-state index is 15.2. The first-order valence-corrected chi connectivity index (χ1v) is 11.6. The number of ether oxygens (including phenoxy) is 1. The highest BCUT2D eigenvalue weighted by molar-refractivity contribution is 6.08. The third-order valence-electron chi connectivity index (χ3n) is 7.56. The lowest BCUT2D eigenvalue weighted by molar-refractivity contribution is -0.726. The Morgan fingerprint density at radius 2 is 2.12 bits per heavy atom. The van der Waals surface area contributed by atoms with Gasteiger partial charge in [0, 0.05) is 30.4 Å². The minimum atomic E-state index is -0.546. The summed E-state index contributed by atoms with van der Waals surface area (Å²) in [6, 6.07) is 13.7. The van der Waals surface area contributed by atoms with E-state index in [4.69, 9.17) is 4.74 Å². The Kier molecular flexibility index (Phi) is 4.85. The number of nitrogens with zero attached hydrogens (tertiary/aromatic N) is 3. The minimum Gasteiger partial charge on any atom is -0.380 e. The monoisotopic (exact) mass is 447 g/mol. The summed E-state index contributed by atoms with van der Waals surface area (Å²) in [6.07, 6.45) is 5.58. The van der Waals surface area contributed by atoms with Crippen LogP contribution in [-0.2, 0) is 28.5 Å². The number of H-pyrrole nitrogens is 1. The van der Waals surface area contributed by atoms with Crippen molar-refractivity contribution < 1.29 is 18.6 Å². The Morgan fingerprint density at radius 3 is 2.88 bits per heavy atom. The predicted molar refractivity (Wildman–Crippen MR) is 122 cm³/mol. The third-order valence-corrected chi connectivity index (χ3v) is 7.56. The molecular formula is C26H28FN4O2+. The second-order valence-corrected chi connectivity index (χ2v) is 9.50. The zero-order valence-corrected chi connectivity index (χ0v) is 18.8. The third kappa shape index (κ3) is 3.30. The van der Waals surface area contributed by atoms with Crippen molar-refractivity contribution in [1.29, 1.82) is 0 Å². The zero-order chi connectivity index (χ0) is 22.6. The molecule has 3 aliphatic rings. The Balaban J connectivity index is 1.30. The number of hydrogen-bond acceptors (Lipinski definition) is 3. The van der Waals surface area contributed by atoms with Crippen molar-refractivity contribution in [3.05, 3.63) is 71.8 Å². The quantitative estimate of drug-likeness (QED) is 0.626. The highest BCUT2D eigenvalue weighted by Crippen LogP contribution is 2.48. The van der Waals surface area contributed by atoms with E-state index in [1.807, 2.05) is 48.4 Å². The molecule has 6 nitrogen and oxygen atoms in total. The number of rotatable bonds is 4. The molecule has 33 heavy (non-hydrogen) atoms. The molecule has 3 aliphatic heterocycles. The van der Waals surface area contributed by atoms with Gasteiger partial charge in [-0.05, 0) is 42.6 Å². The second-order valence-electron chi connectivity index (χ2n) is 9.50. The molecule has 0 radical (unpaired) electrons. The number of nitrogens with one attached hydrogen (secondary N) is 1. The molecule has 0 bridgehead atoms. The Labute approximate surface area is 192 Å². The normalized spacial score (nSPS) is 24.8. The molecular weight excluding hydrogens is 419 g/mol. The molecule has 1 amide bonds. The van der Waals surface area contributed by atoms with E-state index in [0.717, 1.165) is 55.0 Å². The van der Waals surface area contributed by atoms with Crippen LogP contribution in [0.1, 0.15) is 24.0 Å². The molecule has 2 saturated heterocycles. The predicted octanol–water partition coefficient (Wildman–Crippen LogP) is 2.92. The van der Waals surface area contributed by atoms with E-state index in [1.54, 1.807) is 17.0 Å². The van der Waals surface area contributed by atoms with E-state index < -0.39 is 5.41 Å². The van der Waals surface area contributed by atoms with Gasteiger partial charge in [0.2, 0.25) is 12.1 Å². The topological polar surface area (TPSA) is 52.4 Å². The lowest BCUT2D eigenvalue weighted by Gasteiger charge is -2.27. The van der Waals surface area contributed by atoms with Crippen LogP contribution in [0.4, 0.5) is 10.1 Å². The lowest BCUT2D eigenvalue weighted by atomic mass is 9.81. The summed E-state index contributed by atoms with van der Waals surface area (Å²) in [4.78, 5) is 18.1. The number of benzene rings is 2. The van der Waals surface area contributed by atoms with Crippen LogP contribution in [0.2, 0.25) is 0 Å². The number of halogens is 1. The molecule has 2 aromatic carbocycles. The van der Waals surface area contributed by atoms with Crippen LogP contribution in [0.15, 0.2) is 54.9 Å². The van der Waals surface area contributed by atoms with Gasteiger partial charge in [-0.2, -0.15) is 5.10 Å². The average Bonchev–Trinajstić information content (AvgIpc) is 3.61. The molecule has 170 valence electrons. The largest absolute Gasteiger partial charge is 0.380 e. The van der Waals surface area contributed by atoms with Gasteiger partial charge in [0.25, 0.3) is 0 Å². The molecule has 2 unspecified atom stereocenters. The van der Waals surface area contributed by atoms with E-state index in [2.05, 4.69) is 16.1 Å². The lowest BCUT2D eigenvalue weighted by Crippen LogP contribution is -2.44. The first-order chi connectivity index (χ1) is 16.0. The van der Waals surface area contributed by atoms with Crippen molar-refractivity contribution in [2.24, 2.45) is 7.05 Å². The van der Waals surface area contributed by atoms with Gasteiger partial charge >= 0.3 is 0 Å². The number of anilines is 1. The van der Waals surface area contributed by atoms with Crippen molar-refractivity contribution in [3.63, 3.8) is 0 Å².